The second kappa shape index (κ2) is 8.00. The molecule has 0 saturated carbocycles. The molecule has 130 valence electrons. The molecule has 0 atom stereocenters. The minimum Gasteiger partial charge on any atom is -0.368 e. The van der Waals surface area contributed by atoms with Crippen LogP contribution in [0.5, 0.6) is 0 Å². The van der Waals surface area contributed by atoms with Crippen molar-refractivity contribution in [2.45, 2.75) is 0 Å². The second-order valence-electron chi connectivity index (χ2n) is 5.29. The molecule has 2 rings (SSSR count). The third-order valence-corrected chi connectivity index (χ3v) is 4.05. The summed E-state index contributed by atoms with van der Waals surface area (Å²) in [5.74, 6) is -2.43. The molecule has 3 amide bonds. The van der Waals surface area contributed by atoms with Gasteiger partial charge in [-0.25, -0.2) is 0 Å². The lowest BCUT2D eigenvalue weighted by molar-refractivity contribution is -0.143. The van der Waals surface area contributed by atoms with Crippen molar-refractivity contribution in [2.75, 3.05) is 18.9 Å². The van der Waals surface area contributed by atoms with Gasteiger partial charge < -0.3 is 16.0 Å². The summed E-state index contributed by atoms with van der Waals surface area (Å²) in [7, 11) is 1.32. The zero-order chi connectivity index (χ0) is 18.6. The molecule has 0 heterocycles. The van der Waals surface area contributed by atoms with Crippen molar-refractivity contribution in [1.82, 2.24) is 4.90 Å². The van der Waals surface area contributed by atoms with Gasteiger partial charge in [-0.2, -0.15) is 0 Å². The van der Waals surface area contributed by atoms with E-state index >= 15 is 0 Å². The fourth-order valence-electron chi connectivity index (χ4n) is 2.12. The number of primary amides is 1. The number of anilines is 1. The monoisotopic (exact) mass is 379 g/mol. The molecule has 0 aliphatic carbocycles. The SMILES string of the molecule is CN(CC(N)=O)C(=O)C(=O)Nc1cccc(-c2ccc(Cl)c(Cl)c2)c1. The van der Waals surface area contributed by atoms with Crippen molar-refractivity contribution in [3.05, 3.63) is 52.5 Å². The Labute approximate surface area is 154 Å². The molecule has 0 saturated heterocycles. The number of benzene rings is 2. The van der Waals surface area contributed by atoms with Gasteiger partial charge in [0.25, 0.3) is 0 Å². The first-order chi connectivity index (χ1) is 11.8. The Kier molecular flexibility index (Phi) is 6.01. The van der Waals surface area contributed by atoms with Crippen molar-refractivity contribution in [1.29, 1.82) is 0 Å². The van der Waals surface area contributed by atoms with Crippen LogP contribution in [0.2, 0.25) is 10.0 Å². The summed E-state index contributed by atoms with van der Waals surface area (Å²) in [5, 5.41) is 3.35. The lowest BCUT2D eigenvalue weighted by atomic mass is 10.1. The highest BCUT2D eigenvalue weighted by Crippen LogP contribution is 2.29. The Morgan fingerprint density at radius 3 is 2.36 bits per heavy atom. The molecule has 0 bridgehead atoms. The third kappa shape index (κ3) is 4.95. The van der Waals surface area contributed by atoms with E-state index in [-0.39, 0.29) is 6.54 Å². The molecule has 6 nitrogen and oxygen atoms in total. The van der Waals surface area contributed by atoms with Gasteiger partial charge in [0.2, 0.25) is 5.91 Å². The van der Waals surface area contributed by atoms with Gasteiger partial charge in [-0.15, -0.1) is 0 Å². The number of nitrogens with zero attached hydrogens (tertiary/aromatic N) is 1. The van der Waals surface area contributed by atoms with Gasteiger partial charge in [0, 0.05) is 12.7 Å². The minimum atomic E-state index is -0.866. The molecule has 0 aromatic heterocycles. The van der Waals surface area contributed by atoms with E-state index in [1.165, 1.54) is 7.05 Å². The maximum absolute atomic E-state index is 12.0. The summed E-state index contributed by atoms with van der Waals surface area (Å²) in [6.07, 6.45) is 0. The van der Waals surface area contributed by atoms with Crippen molar-refractivity contribution in [3.63, 3.8) is 0 Å². The van der Waals surface area contributed by atoms with Crippen LogP contribution in [0.25, 0.3) is 11.1 Å². The zero-order valence-electron chi connectivity index (χ0n) is 13.3. The van der Waals surface area contributed by atoms with Crippen LogP contribution >= 0.6 is 23.2 Å². The molecule has 0 aliphatic heterocycles. The van der Waals surface area contributed by atoms with Crippen LogP contribution in [0.1, 0.15) is 0 Å². The van der Waals surface area contributed by atoms with Gasteiger partial charge in [-0.3, -0.25) is 14.4 Å². The first-order valence-electron chi connectivity index (χ1n) is 7.18. The van der Waals surface area contributed by atoms with E-state index in [9.17, 15) is 14.4 Å². The maximum Gasteiger partial charge on any atom is 0.313 e. The molecule has 0 fully saturated rings. The Hall–Kier alpha value is -2.57. The van der Waals surface area contributed by atoms with E-state index in [1.54, 1.807) is 36.4 Å². The molecule has 8 heteroatoms. The number of carbonyl (C=O) groups is 3. The Bertz CT molecular complexity index is 840. The largest absolute Gasteiger partial charge is 0.368 e. The van der Waals surface area contributed by atoms with E-state index in [1.807, 2.05) is 6.07 Å². The van der Waals surface area contributed by atoms with E-state index in [2.05, 4.69) is 5.32 Å². The van der Waals surface area contributed by atoms with Crippen molar-refractivity contribution in [3.8, 4) is 11.1 Å². The van der Waals surface area contributed by atoms with Gasteiger partial charge in [0.15, 0.2) is 0 Å². The standard InChI is InChI=1S/C17H15Cl2N3O3/c1-22(9-15(20)23)17(25)16(24)21-12-4-2-3-10(7-12)11-5-6-13(18)14(19)8-11/h2-8H,9H2,1H3,(H2,20,23)(H,21,24). The van der Waals surface area contributed by atoms with Crippen molar-refractivity contribution in [2.24, 2.45) is 5.73 Å². The lowest BCUT2D eigenvalue weighted by Gasteiger charge is -2.14. The summed E-state index contributed by atoms with van der Waals surface area (Å²) < 4.78 is 0. The van der Waals surface area contributed by atoms with E-state index in [0.29, 0.717) is 15.7 Å². The minimum absolute atomic E-state index is 0.338. The van der Waals surface area contributed by atoms with Crippen LogP contribution in [0.4, 0.5) is 5.69 Å². The van der Waals surface area contributed by atoms with Gasteiger partial charge in [-0.05, 0) is 35.4 Å². The van der Waals surface area contributed by atoms with Crippen LogP contribution < -0.4 is 11.1 Å². The summed E-state index contributed by atoms with van der Waals surface area (Å²) in [6, 6.07) is 12.1. The number of hydrogen-bond donors (Lipinski definition) is 2. The third-order valence-electron chi connectivity index (χ3n) is 3.31. The quantitative estimate of drug-likeness (QED) is 0.799. The van der Waals surface area contributed by atoms with Crippen LogP contribution in [0, 0.1) is 0 Å². The van der Waals surface area contributed by atoms with E-state index < -0.39 is 17.7 Å². The van der Waals surface area contributed by atoms with Crippen molar-refractivity contribution >= 4 is 46.6 Å². The maximum atomic E-state index is 12.0. The average molecular weight is 380 g/mol. The predicted octanol–water partition coefficient (Wildman–Crippen LogP) is 2.54. The van der Waals surface area contributed by atoms with Crippen LogP contribution in [0.15, 0.2) is 42.5 Å². The highest BCUT2D eigenvalue weighted by Gasteiger charge is 2.20. The van der Waals surface area contributed by atoms with Gasteiger partial charge >= 0.3 is 11.8 Å². The van der Waals surface area contributed by atoms with Gasteiger partial charge in [0.05, 0.1) is 16.6 Å². The summed E-state index contributed by atoms with van der Waals surface area (Å²) >= 11 is 11.9. The average Bonchev–Trinajstić information content (AvgIpc) is 2.56. The molecule has 25 heavy (non-hydrogen) atoms. The summed E-state index contributed by atoms with van der Waals surface area (Å²) in [6.45, 7) is -0.338. The number of nitrogens with one attached hydrogen (secondary N) is 1. The van der Waals surface area contributed by atoms with Gasteiger partial charge in [0.1, 0.15) is 0 Å². The Morgan fingerprint density at radius 2 is 1.72 bits per heavy atom. The van der Waals surface area contributed by atoms with Crippen LogP contribution in [-0.4, -0.2) is 36.2 Å². The molecular weight excluding hydrogens is 365 g/mol. The number of carbonyl (C=O) groups excluding carboxylic acids is 3. The number of nitrogens with two attached hydrogens (primary N) is 1. The highest BCUT2D eigenvalue weighted by molar-refractivity contribution is 6.42. The number of hydrogen-bond acceptors (Lipinski definition) is 3. The first-order valence-corrected chi connectivity index (χ1v) is 7.93. The summed E-state index contributed by atoms with van der Waals surface area (Å²) in [5.41, 5.74) is 7.03. The molecule has 0 unspecified atom stereocenters. The van der Waals surface area contributed by atoms with Crippen LogP contribution in [0.3, 0.4) is 0 Å². The first kappa shape index (κ1) is 18.8. The molecule has 3 N–H and O–H groups in total. The van der Waals surface area contributed by atoms with Crippen LogP contribution in [-0.2, 0) is 14.4 Å². The fourth-order valence-corrected chi connectivity index (χ4v) is 2.41. The number of halogens is 2. The normalized spacial score (nSPS) is 10.2. The van der Waals surface area contributed by atoms with E-state index in [0.717, 1.165) is 16.0 Å². The zero-order valence-corrected chi connectivity index (χ0v) is 14.8. The number of rotatable bonds is 4. The molecule has 0 aliphatic rings. The molecule has 0 spiro atoms. The molecule has 2 aromatic carbocycles. The Morgan fingerprint density at radius 1 is 1.04 bits per heavy atom. The fraction of sp³-hybridized carbons (Fsp3) is 0.118. The molecular formula is C17H15Cl2N3O3. The summed E-state index contributed by atoms with van der Waals surface area (Å²) in [4.78, 5) is 35.7. The van der Waals surface area contributed by atoms with E-state index in [4.69, 9.17) is 28.9 Å². The predicted molar refractivity (Wildman–Crippen MR) is 97.4 cm³/mol. The van der Waals surface area contributed by atoms with Gasteiger partial charge in [-0.1, -0.05) is 41.4 Å². The molecule has 2 aromatic rings. The number of likely N-dealkylation sites (N-methyl/N-ethyl adjacent to an activating group) is 1. The highest BCUT2D eigenvalue weighted by atomic mass is 35.5. The lowest BCUT2D eigenvalue weighted by Crippen LogP contribution is -2.41. The smallest absolute Gasteiger partial charge is 0.313 e. The Balaban J connectivity index is 2.16. The molecule has 0 radical (unpaired) electrons. The second-order valence-corrected chi connectivity index (χ2v) is 6.11. The topological polar surface area (TPSA) is 92.5 Å². The number of amides is 3. The van der Waals surface area contributed by atoms with Crippen molar-refractivity contribution < 1.29 is 14.4 Å².